The Labute approximate surface area is 201 Å². The first kappa shape index (κ1) is 33.2. The van der Waals surface area contributed by atoms with Gasteiger partial charge in [-0.05, 0) is 41.9 Å². The molecule has 0 amide bonds. The Morgan fingerprint density at radius 2 is 0.613 bits per heavy atom. The maximum absolute atomic E-state index is 2.37. The van der Waals surface area contributed by atoms with Gasteiger partial charge in [0.05, 0.1) is 0 Å². The van der Waals surface area contributed by atoms with Crippen molar-refractivity contribution in [3.05, 3.63) is 0 Å². The first-order valence-electron chi connectivity index (χ1n) is 15.1. The molecule has 3 fully saturated rings. The quantitative estimate of drug-likeness (QED) is 0.409. The van der Waals surface area contributed by atoms with E-state index in [4.69, 9.17) is 0 Å². The maximum atomic E-state index is 2.37. The van der Waals surface area contributed by atoms with Crippen LogP contribution in [-0.4, -0.2) is 0 Å². The van der Waals surface area contributed by atoms with Crippen molar-refractivity contribution < 1.29 is 0 Å². The van der Waals surface area contributed by atoms with Crippen molar-refractivity contribution in [3.63, 3.8) is 0 Å². The lowest BCUT2D eigenvalue weighted by atomic mass is 9.72. The van der Waals surface area contributed by atoms with Crippen LogP contribution in [-0.2, 0) is 0 Å². The van der Waals surface area contributed by atoms with E-state index in [1.54, 1.807) is 32.1 Å². The molecule has 3 rings (SSSR count). The molecule has 0 bridgehead atoms. The molecule has 0 radical (unpaired) electrons. The molecule has 0 aromatic carbocycles. The van der Waals surface area contributed by atoms with Gasteiger partial charge in [0.2, 0.25) is 0 Å². The van der Waals surface area contributed by atoms with Crippen molar-refractivity contribution in [1.82, 2.24) is 0 Å². The van der Waals surface area contributed by atoms with E-state index in [-0.39, 0.29) is 0 Å². The van der Waals surface area contributed by atoms with Crippen molar-refractivity contribution in [2.75, 3.05) is 0 Å². The van der Waals surface area contributed by atoms with Gasteiger partial charge in [-0.25, -0.2) is 0 Å². The predicted octanol–water partition coefficient (Wildman–Crippen LogP) is 11.7. The van der Waals surface area contributed by atoms with Crippen LogP contribution in [0.2, 0.25) is 0 Å². The van der Waals surface area contributed by atoms with Crippen LogP contribution in [0.4, 0.5) is 0 Å². The van der Waals surface area contributed by atoms with Gasteiger partial charge < -0.3 is 0 Å². The van der Waals surface area contributed by atoms with Crippen molar-refractivity contribution in [2.45, 2.75) is 166 Å². The highest BCUT2D eigenvalue weighted by molar-refractivity contribution is 4.78. The molecule has 0 aliphatic heterocycles. The molecule has 0 aromatic rings. The second-order valence-electron chi connectivity index (χ2n) is 10.2. The van der Waals surface area contributed by atoms with Crippen LogP contribution in [0.3, 0.4) is 0 Å². The predicted molar refractivity (Wildman–Crippen MR) is 147 cm³/mol. The van der Waals surface area contributed by atoms with Crippen LogP contribution in [0.15, 0.2) is 0 Å². The van der Waals surface area contributed by atoms with Crippen LogP contribution >= 0.6 is 0 Å². The van der Waals surface area contributed by atoms with E-state index in [1.807, 2.05) is 41.5 Å². The molecule has 3 aliphatic rings. The second-order valence-corrected chi connectivity index (χ2v) is 10.2. The number of hydrogen-bond donors (Lipinski definition) is 0. The molecule has 0 atom stereocenters. The molecule has 31 heavy (non-hydrogen) atoms. The fourth-order valence-electron chi connectivity index (χ4n) is 5.65. The summed E-state index contributed by atoms with van der Waals surface area (Å²) < 4.78 is 0. The zero-order chi connectivity index (χ0) is 24.1. The van der Waals surface area contributed by atoms with Crippen molar-refractivity contribution in [2.24, 2.45) is 35.5 Å². The molecule has 3 aliphatic carbocycles. The lowest BCUT2D eigenvalue weighted by Gasteiger charge is -2.33. The normalized spacial score (nSPS) is 32.3. The molecule has 0 nitrogen and oxygen atoms in total. The average molecular weight is 439 g/mol. The Balaban J connectivity index is 0. The minimum atomic E-state index is 1.02. The summed E-state index contributed by atoms with van der Waals surface area (Å²) in [5.74, 6) is 6.38. The molecule has 3 saturated carbocycles. The minimum absolute atomic E-state index is 1.02. The summed E-state index contributed by atoms with van der Waals surface area (Å²) in [6.07, 6.45) is 22.6. The summed E-state index contributed by atoms with van der Waals surface area (Å²) in [6, 6.07) is 0. The summed E-state index contributed by atoms with van der Waals surface area (Å²) in [5.41, 5.74) is 0. The Bertz CT molecular complexity index is 277. The standard InChI is InChI=1S/C17H32.C8H16.3C2H6/c1-3-14-5-9-16(10-6-14)13-17-11-7-15(4-2)8-12-17;1-7-3-5-8(2)6-4-7;3*1-2/h14-17H,3-13H2,1-2H3;7-8H,3-6H2,1-2H3;3*1-2H3. The fraction of sp³-hybridized carbons (Fsp3) is 1.00. The molecule has 0 heterocycles. The molecule has 0 unspecified atom stereocenters. The highest BCUT2D eigenvalue weighted by Crippen LogP contribution is 2.39. The average Bonchev–Trinajstić information content (AvgIpc) is 2.86. The first-order valence-corrected chi connectivity index (χ1v) is 15.1. The zero-order valence-electron chi connectivity index (χ0n) is 24.1. The molecule has 0 saturated heterocycles. The van der Waals surface area contributed by atoms with Gasteiger partial charge in [-0.3, -0.25) is 0 Å². The van der Waals surface area contributed by atoms with E-state index in [2.05, 4.69) is 27.7 Å². The van der Waals surface area contributed by atoms with Crippen LogP contribution in [0, 0.1) is 35.5 Å². The van der Waals surface area contributed by atoms with Crippen LogP contribution < -0.4 is 0 Å². The summed E-state index contributed by atoms with van der Waals surface area (Å²) >= 11 is 0. The van der Waals surface area contributed by atoms with Gasteiger partial charge in [0.15, 0.2) is 0 Å². The smallest absolute Gasteiger partial charge is 0.0411 e. The van der Waals surface area contributed by atoms with Crippen LogP contribution in [0.1, 0.15) is 166 Å². The largest absolute Gasteiger partial charge is 0.0683 e. The highest BCUT2D eigenvalue weighted by atomic mass is 14.3. The van der Waals surface area contributed by atoms with Crippen LogP contribution in [0.25, 0.3) is 0 Å². The SMILES string of the molecule is CC.CC.CC.CC1CCC(C)CC1.CCC1CCC(CC2CCC(CC)CC2)CC1. The van der Waals surface area contributed by atoms with E-state index >= 15 is 0 Å². The number of hydrogen-bond acceptors (Lipinski definition) is 0. The lowest BCUT2D eigenvalue weighted by Crippen LogP contribution is -2.20. The third kappa shape index (κ3) is 16.3. The van der Waals surface area contributed by atoms with Crippen molar-refractivity contribution in [3.8, 4) is 0 Å². The Kier molecular flexibility index (Phi) is 24.8. The summed E-state index contributed by atoms with van der Waals surface area (Å²) in [6.45, 7) is 21.5. The molecular weight excluding hydrogens is 372 g/mol. The van der Waals surface area contributed by atoms with Gasteiger partial charge in [-0.1, -0.05) is 159 Å². The van der Waals surface area contributed by atoms with Gasteiger partial charge >= 0.3 is 0 Å². The minimum Gasteiger partial charge on any atom is -0.0683 e. The van der Waals surface area contributed by atoms with Gasteiger partial charge in [0.25, 0.3) is 0 Å². The lowest BCUT2D eigenvalue weighted by molar-refractivity contribution is 0.188. The number of rotatable bonds is 4. The Morgan fingerprint density at radius 3 is 0.839 bits per heavy atom. The molecule has 190 valence electrons. The third-order valence-corrected chi connectivity index (χ3v) is 8.06. The Morgan fingerprint density at radius 1 is 0.387 bits per heavy atom. The van der Waals surface area contributed by atoms with Crippen molar-refractivity contribution in [1.29, 1.82) is 0 Å². The van der Waals surface area contributed by atoms with Gasteiger partial charge in [0.1, 0.15) is 0 Å². The van der Waals surface area contributed by atoms with E-state index < -0.39 is 0 Å². The zero-order valence-corrected chi connectivity index (χ0v) is 24.1. The summed E-state index contributed by atoms with van der Waals surface area (Å²) in [7, 11) is 0. The van der Waals surface area contributed by atoms with E-state index in [9.17, 15) is 0 Å². The third-order valence-electron chi connectivity index (χ3n) is 8.06. The molecule has 0 heteroatoms. The van der Waals surface area contributed by atoms with Gasteiger partial charge in [0, 0.05) is 0 Å². The first-order chi connectivity index (χ1) is 15.1. The van der Waals surface area contributed by atoms with Crippen molar-refractivity contribution >= 4 is 0 Å². The monoisotopic (exact) mass is 439 g/mol. The molecular formula is C31H66. The van der Waals surface area contributed by atoms with E-state index in [0.29, 0.717) is 0 Å². The topological polar surface area (TPSA) is 0 Å². The molecule has 0 spiro atoms. The Hall–Kier alpha value is 0. The van der Waals surface area contributed by atoms with E-state index in [1.165, 1.54) is 64.2 Å². The van der Waals surface area contributed by atoms with Gasteiger partial charge in [-0.2, -0.15) is 0 Å². The summed E-state index contributed by atoms with van der Waals surface area (Å²) in [5, 5.41) is 0. The maximum Gasteiger partial charge on any atom is -0.0411 e. The molecule has 0 N–H and O–H groups in total. The molecule has 0 aromatic heterocycles. The highest BCUT2D eigenvalue weighted by Gasteiger charge is 2.25. The van der Waals surface area contributed by atoms with E-state index in [0.717, 1.165) is 35.5 Å². The summed E-state index contributed by atoms with van der Waals surface area (Å²) in [4.78, 5) is 0. The van der Waals surface area contributed by atoms with Crippen LogP contribution in [0.5, 0.6) is 0 Å². The fourth-order valence-corrected chi connectivity index (χ4v) is 5.65. The second kappa shape index (κ2) is 23.2. The van der Waals surface area contributed by atoms with Gasteiger partial charge in [-0.15, -0.1) is 0 Å².